The van der Waals surface area contributed by atoms with Gasteiger partial charge in [-0.25, -0.2) is 0 Å². The van der Waals surface area contributed by atoms with Crippen molar-refractivity contribution in [2.24, 2.45) is 0 Å². The molecule has 3 atom stereocenters. The minimum Gasteiger partial charge on any atom is -0.489 e. The van der Waals surface area contributed by atoms with Gasteiger partial charge in [0.15, 0.2) is 0 Å². The quantitative estimate of drug-likeness (QED) is 0.672. The Hall–Kier alpha value is -3.23. The van der Waals surface area contributed by atoms with Gasteiger partial charge in [-0.1, -0.05) is 30.3 Å². The van der Waals surface area contributed by atoms with E-state index < -0.39 is 31.5 Å². The lowest BCUT2D eigenvalue weighted by Crippen LogP contribution is -2.52. The molecule has 33 heavy (non-hydrogen) atoms. The van der Waals surface area contributed by atoms with E-state index in [2.05, 4.69) is 5.32 Å². The molecule has 0 radical (unpaired) electrons. The van der Waals surface area contributed by atoms with Crippen molar-refractivity contribution in [2.45, 2.75) is 38.6 Å². The van der Waals surface area contributed by atoms with Gasteiger partial charge in [0.05, 0.1) is 22.5 Å². The average Bonchev–Trinajstić information content (AvgIpc) is 3.21. The highest BCUT2D eigenvalue weighted by atomic mass is 16.5. The van der Waals surface area contributed by atoms with E-state index in [-0.39, 0.29) is 44.5 Å². The fraction of sp³-hybridized carbons (Fsp3) is 0.400. The number of rotatable bonds is 6. The van der Waals surface area contributed by atoms with Crippen LogP contribution in [0.25, 0.3) is 0 Å². The number of benzene rings is 2. The first-order chi connectivity index (χ1) is 17.6. The van der Waals surface area contributed by atoms with Crippen molar-refractivity contribution in [1.82, 2.24) is 15.1 Å². The third-order valence-electron chi connectivity index (χ3n) is 6.02. The molecule has 2 saturated heterocycles. The standard InChI is InChI=1S/C25H27N3O5/c29-23-9-8-21(24(30)26-23)28-15-20-19(25(28)31)2-1-3-22(20)33-16-18-6-4-17(5-7-18)14-27-10-12-32-13-11-27/h1-7,21H,8-16H2,(H,26,29,30)/i10D,11D,12D2. The number of nitrogens with zero attached hydrogens (tertiary/aromatic N) is 2. The minimum atomic E-state index is -2.13. The zero-order chi connectivity index (χ0) is 26.3. The molecule has 3 aliphatic heterocycles. The lowest BCUT2D eigenvalue weighted by molar-refractivity contribution is -0.136. The smallest absolute Gasteiger partial charge is 0.255 e. The van der Waals surface area contributed by atoms with Crippen molar-refractivity contribution in [1.29, 1.82) is 0 Å². The fourth-order valence-electron chi connectivity index (χ4n) is 4.25. The number of imide groups is 1. The van der Waals surface area contributed by atoms with E-state index in [4.69, 9.17) is 15.0 Å². The number of fused-ring (bicyclic) bond motifs is 1. The van der Waals surface area contributed by atoms with E-state index in [0.717, 1.165) is 11.1 Å². The number of amides is 3. The molecule has 3 amide bonds. The van der Waals surface area contributed by atoms with E-state index in [1.807, 2.05) is 24.3 Å². The van der Waals surface area contributed by atoms with E-state index in [1.54, 1.807) is 18.2 Å². The summed E-state index contributed by atoms with van der Waals surface area (Å²) in [5.41, 5.74) is 2.90. The zero-order valence-corrected chi connectivity index (χ0v) is 18.0. The van der Waals surface area contributed by atoms with Crippen molar-refractivity contribution < 1.29 is 29.3 Å². The topological polar surface area (TPSA) is 88.2 Å². The van der Waals surface area contributed by atoms with Gasteiger partial charge in [0.1, 0.15) is 18.4 Å². The Morgan fingerprint density at radius 1 is 1.09 bits per heavy atom. The van der Waals surface area contributed by atoms with Gasteiger partial charge in [-0.3, -0.25) is 24.6 Å². The summed E-state index contributed by atoms with van der Waals surface area (Å²) in [7, 11) is 0. The molecule has 2 aromatic rings. The molecule has 172 valence electrons. The predicted octanol–water partition coefficient (Wildman–Crippen LogP) is 1.86. The molecular formula is C25H27N3O5. The van der Waals surface area contributed by atoms with Crippen LogP contribution in [0.4, 0.5) is 0 Å². The summed E-state index contributed by atoms with van der Waals surface area (Å²) >= 11 is 0. The maximum Gasteiger partial charge on any atom is 0.255 e. The summed E-state index contributed by atoms with van der Waals surface area (Å²) in [5.74, 6) is -0.492. The molecule has 3 aliphatic rings. The number of piperidine rings is 1. The van der Waals surface area contributed by atoms with Crippen molar-refractivity contribution in [3.05, 3.63) is 64.7 Å². The Labute approximate surface area is 198 Å². The van der Waals surface area contributed by atoms with Crippen LogP contribution in [0.3, 0.4) is 0 Å². The molecule has 1 N–H and O–H groups in total. The van der Waals surface area contributed by atoms with Gasteiger partial charge in [0, 0.05) is 39.9 Å². The summed E-state index contributed by atoms with van der Waals surface area (Å²) < 4.78 is 42.8. The van der Waals surface area contributed by atoms with Crippen molar-refractivity contribution >= 4 is 17.7 Å². The monoisotopic (exact) mass is 453 g/mol. The Morgan fingerprint density at radius 3 is 2.73 bits per heavy atom. The highest BCUT2D eigenvalue weighted by molar-refractivity contribution is 6.05. The van der Waals surface area contributed by atoms with Crippen molar-refractivity contribution in [3.8, 4) is 5.75 Å². The van der Waals surface area contributed by atoms with E-state index in [1.165, 1.54) is 9.80 Å². The lowest BCUT2D eigenvalue weighted by Gasteiger charge is -2.29. The van der Waals surface area contributed by atoms with Crippen LogP contribution in [0.1, 0.15) is 45.4 Å². The SMILES string of the molecule is [2H]C1COC([2H])([2H])C([2H])N1Cc1ccc(COc2cccc3c2CN(C2CCC(=O)NC2=O)C3=O)cc1. The third-order valence-corrected chi connectivity index (χ3v) is 6.02. The molecular weight excluding hydrogens is 422 g/mol. The molecule has 0 bridgehead atoms. The van der Waals surface area contributed by atoms with Crippen LogP contribution < -0.4 is 10.1 Å². The fourth-order valence-corrected chi connectivity index (χ4v) is 4.25. The molecule has 2 aromatic carbocycles. The first kappa shape index (κ1) is 17.3. The van der Waals surface area contributed by atoms with Crippen LogP contribution in [0.5, 0.6) is 5.75 Å². The average molecular weight is 454 g/mol. The Kier molecular flexibility index (Phi) is 4.88. The predicted molar refractivity (Wildman–Crippen MR) is 119 cm³/mol. The molecule has 8 nitrogen and oxygen atoms in total. The molecule has 0 spiro atoms. The first-order valence-electron chi connectivity index (χ1n) is 13.0. The summed E-state index contributed by atoms with van der Waals surface area (Å²) in [4.78, 5) is 39.7. The number of nitrogens with one attached hydrogen (secondary N) is 1. The highest BCUT2D eigenvalue weighted by Crippen LogP contribution is 2.34. The second-order valence-corrected chi connectivity index (χ2v) is 8.20. The van der Waals surface area contributed by atoms with Gasteiger partial charge in [-0.15, -0.1) is 0 Å². The number of hydrogen-bond acceptors (Lipinski definition) is 6. The number of carbonyl (C=O) groups excluding carboxylic acids is 3. The van der Waals surface area contributed by atoms with Crippen LogP contribution >= 0.6 is 0 Å². The Balaban J connectivity index is 1.23. The van der Waals surface area contributed by atoms with Crippen LogP contribution in [0, 0.1) is 0 Å². The first-order valence-corrected chi connectivity index (χ1v) is 10.9. The van der Waals surface area contributed by atoms with Gasteiger partial charge < -0.3 is 14.4 Å². The second kappa shape index (κ2) is 9.33. The van der Waals surface area contributed by atoms with Gasteiger partial charge in [-0.2, -0.15) is 0 Å². The van der Waals surface area contributed by atoms with E-state index >= 15 is 0 Å². The number of ether oxygens (including phenoxy) is 2. The van der Waals surface area contributed by atoms with Crippen molar-refractivity contribution in [3.63, 3.8) is 0 Å². The molecule has 0 aliphatic carbocycles. The lowest BCUT2D eigenvalue weighted by atomic mass is 10.0. The third kappa shape index (κ3) is 4.62. The van der Waals surface area contributed by atoms with E-state index in [9.17, 15) is 14.4 Å². The maximum atomic E-state index is 13.0. The highest BCUT2D eigenvalue weighted by Gasteiger charge is 2.40. The Bertz CT molecular complexity index is 1230. The molecule has 0 aromatic heterocycles. The molecule has 3 heterocycles. The molecule has 5 rings (SSSR count). The summed E-state index contributed by atoms with van der Waals surface area (Å²) in [6.07, 6.45) is 0.489. The maximum absolute atomic E-state index is 13.0. The van der Waals surface area contributed by atoms with Crippen LogP contribution in [0.15, 0.2) is 42.5 Å². The number of carbonyl (C=O) groups is 3. The van der Waals surface area contributed by atoms with Crippen molar-refractivity contribution in [2.75, 3.05) is 26.2 Å². The van der Waals surface area contributed by atoms with Gasteiger partial charge in [-0.05, 0) is 29.7 Å². The van der Waals surface area contributed by atoms with E-state index in [0.29, 0.717) is 23.3 Å². The normalized spacial score (nSPS) is 28.9. The van der Waals surface area contributed by atoms with Crippen LogP contribution in [-0.4, -0.2) is 59.8 Å². The Morgan fingerprint density at radius 2 is 1.91 bits per heavy atom. The number of hydrogen-bond donors (Lipinski definition) is 1. The van der Waals surface area contributed by atoms with Crippen LogP contribution in [-0.2, 0) is 34.0 Å². The zero-order valence-electron chi connectivity index (χ0n) is 22.0. The second-order valence-electron chi connectivity index (χ2n) is 8.20. The van der Waals surface area contributed by atoms with Gasteiger partial charge in [0.2, 0.25) is 11.8 Å². The number of morpholine rings is 1. The van der Waals surface area contributed by atoms with Crippen LogP contribution in [0.2, 0.25) is 0 Å². The molecule has 3 unspecified atom stereocenters. The largest absolute Gasteiger partial charge is 0.489 e. The van der Waals surface area contributed by atoms with Gasteiger partial charge >= 0.3 is 0 Å². The summed E-state index contributed by atoms with van der Waals surface area (Å²) in [6, 6.07) is 12.0. The molecule has 0 saturated carbocycles. The summed E-state index contributed by atoms with van der Waals surface area (Å²) in [5, 5.41) is 2.30. The molecule has 8 heteroatoms. The minimum absolute atomic E-state index is 0.0980. The molecule has 2 fully saturated rings. The van der Waals surface area contributed by atoms with Gasteiger partial charge in [0.25, 0.3) is 5.91 Å². The summed E-state index contributed by atoms with van der Waals surface area (Å²) in [6.45, 7) is -3.63.